The van der Waals surface area contributed by atoms with Crippen molar-refractivity contribution in [1.29, 1.82) is 0 Å². The van der Waals surface area contributed by atoms with Gasteiger partial charge in [-0.05, 0) is 18.2 Å². The Bertz CT molecular complexity index is 715. The Kier molecular flexibility index (Phi) is 3.85. The molecular formula is C11H5BrCl2N2O2. The summed E-state index contributed by atoms with van der Waals surface area (Å²) in [7, 11) is 0. The summed E-state index contributed by atoms with van der Waals surface area (Å²) < 4.78 is 0.839. The third kappa shape index (κ3) is 2.48. The van der Waals surface area contributed by atoms with Gasteiger partial charge in [-0.25, -0.2) is 0 Å². The number of hydrogen-bond acceptors (Lipinski definition) is 4. The molecule has 2 aromatic rings. The van der Waals surface area contributed by atoms with Gasteiger partial charge in [-0.15, -0.1) is 0 Å². The van der Waals surface area contributed by atoms with Crippen molar-refractivity contribution in [3.05, 3.63) is 64.6 Å². The molecule has 0 saturated carbocycles. The second-order valence-corrected chi connectivity index (χ2v) is 5.04. The first-order chi connectivity index (χ1) is 8.50. The van der Waals surface area contributed by atoms with Crippen molar-refractivity contribution in [2.45, 2.75) is 0 Å². The highest BCUT2D eigenvalue weighted by Gasteiger charge is 2.14. The predicted molar refractivity (Wildman–Crippen MR) is 74.7 cm³/mol. The summed E-state index contributed by atoms with van der Waals surface area (Å²) in [4.78, 5) is 23.1. The lowest BCUT2D eigenvalue weighted by molar-refractivity contribution is 1.19. The molecule has 4 nitrogen and oxygen atoms in total. The Morgan fingerprint density at radius 1 is 1.11 bits per heavy atom. The van der Waals surface area contributed by atoms with Crippen molar-refractivity contribution in [3.8, 4) is 0 Å². The summed E-state index contributed by atoms with van der Waals surface area (Å²) in [5.74, 6) is 0. The number of rotatable bonds is 2. The standard InChI is InChI=1S/C11H5BrCl2N2O2/c12-5-2-1-3-6(4-5)15-16-9-10(17)7(13)8(14)11(9)18/h1-4,15H. The van der Waals surface area contributed by atoms with Crippen LogP contribution in [-0.2, 0) is 0 Å². The van der Waals surface area contributed by atoms with Crippen molar-refractivity contribution in [3.63, 3.8) is 0 Å². The summed E-state index contributed by atoms with van der Waals surface area (Å²) in [6.07, 6.45) is 0. The zero-order chi connectivity index (χ0) is 13.3. The van der Waals surface area contributed by atoms with Crippen molar-refractivity contribution < 1.29 is 0 Å². The topological polar surface area (TPSA) is 58.5 Å². The minimum Gasteiger partial charge on any atom is -0.286 e. The minimum absolute atomic E-state index is 0.295. The van der Waals surface area contributed by atoms with Gasteiger partial charge in [0.15, 0.2) is 5.36 Å². The van der Waals surface area contributed by atoms with E-state index in [4.69, 9.17) is 23.2 Å². The normalized spacial score (nSPS) is 10.4. The molecule has 0 saturated heterocycles. The number of halogens is 3. The molecule has 0 atom stereocenters. The van der Waals surface area contributed by atoms with Gasteiger partial charge >= 0.3 is 0 Å². The highest BCUT2D eigenvalue weighted by molar-refractivity contribution is 9.10. The highest BCUT2D eigenvalue weighted by Crippen LogP contribution is 2.15. The smallest absolute Gasteiger partial charge is 0.230 e. The second-order valence-electron chi connectivity index (χ2n) is 3.37. The van der Waals surface area contributed by atoms with E-state index in [9.17, 15) is 9.59 Å². The van der Waals surface area contributed by atoms with E-state index < -0.39 is 10.9 Å². The van der Waals surface area contributed by atoms with E-state index in [2.05, 4.69) is 26.5 Å². The van der Waals surface area contributed by atoms with E-state index in [1.807, 2.05) is 6.07 Å². The largest absolute Gasteiger partial charge is 0.286 e. The van der Waals surface area contributed by atoms with Gasteiger partial charge in [0.1, 0.15) is 10.0 Å². The Hall–Kier alpha value is -1.17. The average Bonchev–Trinajstić information content (AvgIpc) is 2.52. The van der Waals surface area contributed by atoms with Gasteiger partial charge in [-0.2, -0.15) is 5.10 Å². The van der Waals surface area contributed by atoms with Crippen molar-refractivity contribution in [2.75, 3.05) is 5.43 Å². The van der Waals surface area contributed by atoms with E-state index >= 15 is 0 Å². The number of hydrogen-bond donors (Lipinski definition) is 1. The quantitative estimate of drug-likeness (QED) is 0.848. The predicted octanol–water partition coefficient (Wildman–Crippen LogP) is 2.28. The Morgan fingerprint density at radius 2 is 1.72 bits per heavy atom. The van der Waals surface area contributed by atoms with Crippen LogP contribution in [0.15, 0.2) is 43.4 Å². The van der Waals surface area contributed by atoms with E-state index in [0.717, 1.165) is 4.47 Å². The van der Waals surface area contributed by atoms with Crippen LogP contribution < -0.4 is 21.6 Å². The van der Waals surface area contributed by atoms with E-state index in [1.54, 1.807) is 18.2 Å². The van der Waals surface area contributed by atoms with E-state index in [1.165, 1.54) is 0 Å². The van der Waals surface area contributed by atoms with Gasteiger partial charge in [0.2, 0.25) is 10.9 Å². The van der Waals surface area contributed by atoms with Crippen LogP contribution in [0.3, 0.4) is 0 Å². The van der Waals surface area contributed by atoms with Gasteiger partial charge in [-0.3, -0.25) is 15.0 Å². The molecule has 0 spiro atoms. The number of benzene rings is 1. The first-order valence-corrected chi connectivity index (χ1v) is 6.29. The first kappa shape index (κ1) is 13.3. The molecule has 0 amide bonds. The lowest BCUT2D eigenvalue weighted by Gasteiger charge is -1.98. The summed E-state index contributed by atoms with van der Waals surface area (Å²) in [5, 5.41) is 2.83. The number of anilines is 1. The minimum atomic E-state index is -0.672. The Labute approximate surface area is 120 Å². The Balaban J connectivity index is 2.45. The molecule has 1 N–H and O–H groups in total. The van der Waals surface area contributed by atoms with Crippen LogP contribution in [-0.4, -0.2) is 0 Å². The van der Waals surface area contributed by atoms with Crippen LogP contribution in [0.25, 0.3) is 0 Å². The lowest BCUT2D eigenvalue weighted by atomic mass is 10.3. The first-order valence-electron chi connectivity index (χ1n) is 4.74. The molecule has 0 radical (unpaired) electrons. The third-order valence-electron chi connectivity index (χ3n) is 2.14. The molecule has 0 bridgehead atoms. The fourth-order valence-corrected chi connectivity index (χ4v) is 2.04. The molecule has 0 aliphatic carbocycles. The van der Waals surface area contributed by atoms with Crippen LogP contribution in [0.2, 0.25) is 10.0 Å². The molecule has 0 unspecified atom stereocenters. The van der Waals surface area contributed by atoms with E-state index in [0.29, 0.717) is 5.69 Å². The Morgan fingerprint density at radius 3 is 2.28 bits per heavy atom. The van der Waals surface area contributed by atoms with Crippen molar-refractivity contribution >= 4 is 44.8 Å². The molecule has 0 heterocycles. The third-order valence-corrected chi connectivity index (χ3v) is 3.45. The molecular weight excluding hydrogens is 343 g/mol. The lowest BCUT2D eigenvalue weighted by Crippen LogP contribution is -2.32. The highest BCUT2D eigenvalue weighted by atomic mass is 79.9. The van der Waals surface area contributed by atoms with Gasteiger partial charge in [0.05, 0.1) is 5.69 Å². The molecule has 0 fully saturated rings. The van der Waals surface area contributed by atoms with Gasteiger partial charge < -0.3 is 0 Å². The molecule has 0 aromatic heterocycles. The summed E-state index contributed by atoms with van der Waals surface area (Å²) in [6.45, 7) is 0. The van der Waals surface area contributed by atoms with Gasteiger partial charge in [-0.1, -0.05) is 45.2 Å². The monoisotopic (exact) mass is 346 g/mol. The SMILES string of the molecule is O=c1c(Cl)c(Cl)c(=O)c1=NNc1cccc(Br)c1. The second kappa shape index (κ2) is 5.22. The fraction of sp³-hybridized carbons (Fsp3) is 0. The average molecular weight is 348 g/mol. The molecule has 0 aliphatic heterocycles. The van der Waals surface area contributed by atoms with Crippen LogP contribution in [0.5, 0.6) is 0 Å². The van der Waals surface area contributed by atoms with Crippen molar-refractivity contribution in [2.24, 2.45) is 5.10 Å². The molecule has 2 aromatic carbocycles. The maximum absolute atomic E-state index is 11.5. The molecule has 2 rings (SSSR count). The number of nitrogens with one attached hydrogen (secondary N) is 1. The summed E-state index contributed by atoms with van der Waals surface area (Å²) in [5.41, 5.74) is 1.88. The van der Waals surface area contributed by atoms with Crippen LogP contribution in [0, 0.1) is 0 Å². The van der Waals surface area contributed by atoms with Crippen LogP contribution in [0.4, 0.5) is 5.69 Å². The van der Waals surface area contributed by atoms with E-state index in [-0.39, 0.29) is 15.4 Å². The van der Waals surface area contributed by atoms with Crippen LogP contribution in [0.1, 0.15) is 0 Å². The maximum atomic E-state index is 11.5. The van der Waals surface area contributed by atoms with Crippen LogP contribution >= 0.6 is 39.1 Å². The van der Waals surface area contributed by atoms with Gasteiger partial charge in [0, 0.05) is 4.47 Å². The maximum Gasteiger partial charge on any atom is 0.230 e. The zero-order valence-electron chi connectivity index (χ0n) is 8.71. The number of nitrogens with zero attached hydrogens (tertiary/aromatic N) is 1. The van der Waals surface area contributed by atoms with Gasteiger partial charge in [0.25, 0.3) is 0 Å². The molecule has 0 aliphatic rings. The molecule has 7 heteroatoms. The molecule has 92 valence electrons. The zero-order valence-corrected chi connectivity index (χ0v) is 11.8. The summed E-state index contributed by atoms with van der Waals surface area (Å²) in [6, 6.07) is 7.09. The molecule has 18 heavy (non-hydrogen) atoms. The van der Waals surface area contributed by atoms with Crippen molar-refractivity contribution in [1.82, 2.24) is 0 Å². The summed E-state index contributed by atoms with van der Waals surface area (Å²) >= 11 is 14.4. The fourth-order valence-electron chi connectivity index (χ4n) is 1.29.